The molecular formula is C23H31N5O3. The lowest BCUT2D eigenvalue weighted by Gasteiger charge is -2.30. The first-order valence-electron chi connectivity index (χ1n) is 10.7. The van der Waals surface area contributed by atoms with Gasteiger partial charge in [-0.05, 0) is 41.9 Å². The summed E-state index contributed by atoms with van der Waals surface area (Å²) in [5.41, 5.74) is 3.03. The summed E-state index contributed by atoms with van der Waals surface area (Å²) >= 11 is 0. The molecule has 2 atom stereocenters. The van der Waals surface area contributed by atoms with E-state index in [1.54, 1.807) is 0 Å². The number of carbonyl (C=O) groups is 2. The zero-order valence-corrected chi connectivity index (χ0v) is 18.5. The fourth-order valence-corrected chi connectivity index (χ4v) is 3.80. The topological polar surface area (TPSA) is 107 Å². The first-order valence-corrected chi connectivity index (χ1v) is 10.7. The largest absolute Gasteiger partial charge is 0.481 e. The summed E-state index contributed by atoms with van der Waals surface area (Å²) in [4.78, 5) is 34.1. The Morgan fingerprint density at radius 1 is 1.10 bits per heavy atom. The molecule has 0 saturated heterocycles. The summed E-state index contributed by atoms with van der Waals surface area (Å²) in [5, 5.41) is 15.0. The van der Waals surface area contributed by atoms with Gasteiger partial charge in [0.05, 0.1) is 35.4 Å². The lowest BCUT2D eigenvalue weighted by atomic mass is 10.0. The maximum absolute atomic E-state index is 12.7. The summed E-state index contributed by atoms with van der Waals surface area (Å²) in [5.74, 6) is -0.243. The summed E-state index contributed by atoms with van der Waals surface area (Å²) < 4.78 is 0. The minimum absolute atomic E-state index is 0.0127. The number of benzene rings is 1. The van der Waals surface area contributed by atoms with Crippen molar-refractivity contribution in [1.29, 1.82) is 0 Å². The molecule has 1 heterocycles. The molecule has 31 heavy (non-hydrogen) atoms. The Labute approximate surface area is 183 Å². The molecular weight excluding hydrogens is 394 g/mol. The monoisotopic (exact) mass is 425 g/mol. The number of carbonyl (C=O) groups excluding carboxylic acids is 1. The van der Waals surface area contributed by atoms with Crippen LogP contribution in [0.2, 0.25) is 0 Å². The average Bonchev–Trinajstić information content (AvgIpc) is 3.48. The molecule has 2 aromatic rings. The Morgan fingerprint density at radius 3 is 2.29 bits per heavy atom. The molecule has 1 saturated carbocycles. The number of urea groups is 1. The SMILES string of the molecule is CC(C)CN(CC(C)C)c1ccc([C@@H]2C[C@@H]2C(=O)O)cc1NC(=O)Nc1cncnc1. The number of hydrogen-bond acceptors (Lipinski definition) is 5. The van der Waals surface area contributed by atoms with Gasteiger partial charge in [0.1, 0.15) is 6.33 Å². The van der Waals surface area contributed by atoms with Crippen LogP contribution < -0.4 is 15.5 Å². The number of amides is 2. The summed E-state index contributed by atoms with van der Waals surface area (Å²) in [7, 11) is 0. The maximum atomic E-state index is 12.7. The fourth-order valence-electron chi connectivity index (χ4n) is 3.80. The third-order valence-corrected chi connectivity index (χ3v) is 5.13. The van der Waals surface area contributed by atoms with Crippen molar-refractivity contribution in [3.8, 4) is 0 Å². The van der Waals surface area contributed by atoms with Gasteiger partial charge in [0.25, 0.3) is 0 Å². The van der Waals surface area contributed by atoms with E-state index in [9.17, 15) is 14.7 Å². The molecule has 8 heteroatoms. The van der Waals surface area contributed by atoms with Crippen molar-refractivity contribution in [1.82, 2.24) is 9.97 Å². The Balaban J connectivity index is 1.89. The van der Waals surface area contributed by atoms with Gasteiger partial charge in [-0.2, -0.15) is 0 Å². The highest BCUT2D eigenvalue weighted by Gasteiger charge is 2.44. The highest BCUT2D eigenvalue weighted by molar-refractivity contribution is 6.01. The molecule has 1 aromatic heterocycles. The quantitative estimate of drug-likeness (QED) is 0.549. The standard InChI is InChI=1S/C23H31N5O3/c1-14(2)11-28(12-15(3)4)21-6-5-16(18-8-19(18)22(29)30)7-20(21)27-23(31)26-17-9-24-13-25-10-17/h5-7,9-10,13-15,18-19H,8,11-12H2,1-4H3,(H,29,30)(H2,26,27,31)/t18-,19-/m0/s1. The molecule has 1 aliphatic carbocycles. The number of aliphatic carboxylic acids is 1. The van der Waals surface area contributed by atoms with Crippen LogP contribution in [0.15, 0.2) is 36.9 Å². The Morgan fingerprint density at radius 2 is 1.74 bits per heavy atom. The van der Waals surface area contributed by atoms with E-state index in [2.05, 4.69) is 53.2 Å². The number of hydrogen-bond donors (Lipinski definition) is 3. The van der Waals surface area contributed by atoms with Crippen molar-refractivity contribution in [2.24, 2.45) is 17.8 Å². The van der Waals surface area contributed by atoms with Crippen LogP contribution in [0.25, 0.3) is 0 Å². The van der Waals surface area contributed by atoms with E-state index in [0.29, 0.717) is 29.6 Å². The first kappa shape index (κ1) is 22.5. The number of nitrogens with one attached hydrogen (secondary N) is 2. The van der Waals surface area contributed by atoms with Gasteiger partial charge < -0.3 is 20.6 Å². The molecule has 3 N–H and O–H groups in total. The number of carboxylic acid groups (broad SMARTS) is 1. The zero-order valence-electron chi connectivity index (χ0n) is 18.5. The summed E-state index contributed by atoms with van der Waals surface area (Å²) in [6.45, 7) is 10.4. The molecule has 0 aliphatic heterocycles. The van der Waals surface area contributed by atoms with Crippen molar-refractivity contribution in [2.75, 3.05) is 28.6 Å². The highest BCUT2D eigenvalue weighted by atomic mass is 16.4. The van der Waals surface area contributed by atoms with E-state index in [0.717, 1.165) is 24.3 Å². The van der Waals surface area contributed by atoms with Crippen LogP contribution in [0.5, 0.6) is 0 Å². The second-order valence-corrected chi connectivity index (χ2v) is 8.96. The van der Waals surface area contributed by atoms with E-state index in [1.165, 1.54) is 18.7 Å². The van der Waals surface area contributed by atoms with Crippen molar-refractivity contribution in [3.05, 3.63) is 42.5 Å². The minimum Gasteiger partial charge on any atom is -0.481 e. The van der Waals surface area contributed by atoms with E-state index in [1.807, 2.05) is 18.2 Å². The molecule has 2 amide bonds. The van der Waals surface area contributed by atoms with Crippen molar-refractivity contribution >= 4 is 29.1 Å². The fraction of sp³-hybridized carbons (Fsp3) is 0.478. The van der Waals surface area contributed by atoms with Gasteiger partial charge in [0.2, 0.25) is 0 Å². The Bertz CT molecular complexity index is 907. The predicted molar refractivity (Wildman–Crippen MR) is 121 cm³/mol. The van der Waals surface area contributed by atoms with E-state index < -0.39 is 12.0 Å². The smallest absolute Gasteiger partial charge is 0.323 e. The van der Waals surface area contributed by atoms with Gasteiger partial charge in [0.15, 0.2) is 0 Å². The third kappa shape index (κ3) is 6.16. The normalized spacial score (nSPS) is 17.5. The second kappa shape index (κ2) is 9.76. The minimum atomic E-state index is -0.772. The maximum Gasteiger partial charge on any atom is 0.323 e. The molecule has 1 aromatic carbocycles. The number of aromatic nitrogens is 2. The lowest BCUT2D eigenvalue weighted by molar-refractivity contribution is -0.138. The van der Waals surface area contributed by atoms with Crippen LogP contribution in [0.4, 0.5) is 21.9 Å². The predicted octanol–water partition coefficient (Wildman–Crippen LogP) is 4.43. The molecule has 1 aliphatic rings. The van der Waals surface area contributed by atoms with Crippen LogP contribution in [0.1, 0.15) is 45.6 Å². The van der Waals surface area contributed by atoms with Gasteiger partial charge in [-0.1, -0.05) is 33.8 Å². The third-order valence-electron chi connectivity index (χ3n) is 5.13. The van der Waals surface area contributed by atoms with Gasteiger partial charge in [-0.15, -0.1) is 0 Å². The van der Waals surface area contributed by atoms with Gasteiger partial charge in [-0.3, -0.25) is 4.79 Å². The molecule has 0 radical (unpaired) electrons. The zero-order chi connectivity index (χ0) is 22.5. The second-order valence-electron chi connectivity index (χ2n) is 8.96. The Kier molecular flexibility index (Phi) is 7.09. The highest BCUT2D eigenvalue weighted by Crippen LogP contribution is 2.49. The number of carboxylic acids is 1. The van der Waals surface area contributed by atoms with E-state index in [-0.39, 0.29) is 11.8 Å². The number of nitrogens with zero attached hydrogens (tertiary/aromatic N) is 3. The molecule has 0 unspecified atom stereocenters. The van der Waals surface area contributed by atoms with Crippen LogP contribution in [0, 0.1) is 17.8 Å². The molecule has 3 rings (SSSR count). The van der Waals surface area contributed by atoms with Gasteiger partial charge in [0, 0.05) is 13.1 Å². The van der Waals surface area contributed by atoms with Crippen LogP contribution in [-0.4, -0.2) is 40.2 Å². The average molecular weight is 426 g/mol. The molecule has 0 bridgehead atoms. The first-order chi connectivity index (χ1) is 14.7. The van der Waals surface area contributed by atoms with E-state index in [4.69, 9.17) is 0 Å². The van der Waals surface area contributed by atoms with Gasteiger partial charge >= 0.3 is 12.0 Å². The van der Waals surface area contributed by atoms with Crippen LogP contribution >= 0.6 is 0 Å². The Hall–Kier alpha value is -3.16. The van der Waals surface area contributed by atoms with Crippen molar-refractivity contribution in [3.63, 3.8) is 0 Å². The lowest BCUT2D eigenvalue weighted by Crippen LogP contribution is -2.32. The molecule has 0 spiro atoms. The van der Waals surface area contributed by atoms with Gasteiger partial charge in [-0.25, -0.2) is 14.8 Å². The number of anilines is 3. The summed E-state index contributed by atoms with van der Waals surface area (Å²) in [6.07, 6.45) is 5.07. The summed E-state index contributed by atoms with van der Waals surface area (Å²) in [6, 6.07) is 5.51. The van der Waals surface area contributed by atoms with Crippen molar-refractivity contribution in [2.45, 2.75) is 40.0 Å². The number of rotatable bonds is 9. The van der Waals surface area contributed by atoms with Crippen LogP contribution in [-0.2, 0) is 4.79 Å². The van der Waals surface area contributed by atoms with Crippen molar-refractivity contribution < 1.29 is 14.7 Å². The molecule has 166 valence electrons. The molecule has 8 nitrogen and oxygen atoms in total. The van der Waals surface area contributed by atoms with Crippen LogP contribution in [0.3, 0.4) is 0 Å². The molecule has 1 fully saturated rings. The van der Waals surface area contributed by atoms with E-state index >= 15 is 0 Å².